The summed E-state index contributed by atoms with van der Waals surface area (Å²) in [6.07, 6.45) is 1.48. The van der Waals surface area contributed by atoms with E-state index >= 15 is 0 Å². The zero-order chi connectivity index (χ0) is 6.91. The quantitative estimate of drug-likeness (QED) is 0.534. The smallest absolute Gasteiger partial charge is 0.252 e. The van der Waals surface area contributed by atoms with Crippen molar-refractivity contribution in [2.75, 3.05) is 0 Å². The summed E-state index contributed by atoms with van der Waals surface area (Å²) in [4.78, 5) is 0. The lowest BCUT2D eigenvalue weighted by Crippen LogP contribution is -2.20. The fraction of sp³-hybridized carbons (Fsp3) is 0.667. The average Bonchev–Trinajstić information content (AvgIpc) is 1.78. The molecule has 0 aromatic rings. The molecule has 2 N–H and O–H groups in total. The first-order valence-electron chi connectivity index (χ1n) is 2.92. The molecule has 1 nitrogen and oxygen atoms in total. The predicted octanol–water partition coefficient (Wildman–Crippen LogP) is 1.65. The fourth-order valence-corrected chi connectivity index (χ4v) is 0.812. The molecule has 1 aliphatic carbocycles. The molecule has 1 aliphatic rings. The Kier molecular flexibility index (Phi) is 1.43. The molecule has 0 radical (unpaired) electrons. The van der Waals surface area contributed by atoms with Gasteiger partial charge in [0.15, 0.2) is 0 Å². The van der Waals surface area contributed by atoms with Gasteiger partial charge in [0.1, 0.15) is 0 Å². The largest absolute Gasteiger partial charge is 0.402 e. The number of nitrogens with two attached hydrogens (primary N) is 1. The molecule has 0 fully saturated rings. The fourth-order valence-electron chi connectivity index (χ4n) is 0.812. The van der Waals surface area contributed by atoms with E-state index in [2.05, 4.69) is 0 Å². The Morgan fingerprint density at radius 1 is 1.56 bits per heavy atom. The minimum Gasteiger partial charge on any atom is -0.402 e. The van der Waals surface area contributed by atoms with E-state index in [0.717, 1.165) is 0 Å². The molecular formula is C6H9F2N. The Labute approximate surface area is 52.5 Å². The summed E-state index contributed by atoms with van der Waals surface area (Å²) in [7, 11) is 0. The third kappa shape index (κ3) is 1.66. The highest BCUT2D eigenvalue weighted by Gasteiger charge is 2.29. The SMILES string of the molecule is NC1=CCC(F)(F)CC1. The summed E-state index contributed by atoms with van der Waals surface area (Å²) in [5.41, 5.74) is 5.88. The van der Waals surface area contributed by atoms with Crippen molar-refractivity contribution in [2.24, 2.45) is 5.73 Å². The van der Waals surface area contributed by atoms with E-state index in [-0.39, 0.29) is 12.8 Å². The maximum Gasteiger partial charge on any atom is 0.252 e. The summed E-state index contributed by atoms with van der Waals surface area (Å²) in [5, 5.41) is 0. The highest BCUT2D eigenvalue weighted by atomic mass is 19.3. The molecule has 0 aliphatic heterocycles. The number of hydrogen-bond donors (Lipinski definition) is 1. The van der Waals surface area contributed by atoms with Gasteiger partial charge in [0.2, 0.25) is 0 Å². The Hall–Kier alpha value is -0.600. The zero-order valence-electron chi connectivity index (χ0n) is 5.03. The van der Waals surface area contributed by atoms with Crippen molar-refractivity contribution in [3.05, 3.63) is 11.8 Å². The van der Waals surface area contributed by atoms with E-state index in [4.69, 9.17) is 5.73 Å². The standard InChI is InChI=1S/C6H9F2N/c7-6(8)3-1-5(9)2-4-6/h1H,2-4,9H2. The van der Waals surface area contributed by atoms with Crippen molar-refractivity contribution >= 4 is 0 Å². The van der Waals surface area contributed by atoms with Gasteiger partial charge in [-0.25, -0.2) is 8.78 Å². The molecule has 0 saturated heterocycles. The lowest BCUT2D eigenvalue weighted by Gasteiger charge is -2.18. The van der Waals surface area contributed by atoms with Gasteiger partial charge in [-0.2, -0.15) is 0 Å². The number of hydrogen-bond acceptors (Lipinski definition) is 1. The molecule has 9 heavy (non-hydrogen) atoms. The third-order valence-corrected chi connectivity index (χ3v) is 1.44. The molecular weight excluding hydrogens is 124 g/mol. The maximum atomic E-state index is 12.3. The second-order valence-electron chi connectivity index (χ2n) is 2.34. The lowest BCUT2D eigenvalue weighted by molar-refractivity contribution is -0.00876. The van der Waals surface area contributed by atoms with Crippen LogP contribution in [0.15, 0.2) is 11.8 Å². The molecule has 3 heteroatoms. The lowest BCUT2D eigenvalue weighted by atomic mass is 10.0. The summed E-state index contributed by atoms with van der Waals surface area (Å²) in [5.74, 6) is -2.50. The van der Waals surface area contributed by atoms with Crippen LogP contribution in [0.3, 0.4) is 0 Å². The molecule has 0 atom stereocenters. The molecule has 0 aromatic heterocycles. The van der Waals surface area contributed by atoms with Crippen LogP contribution in [0.1, 0.15) is 19.3 Å². The van der Waals surface area contributed by atoms with Gasteiger partial charge in [-0.3, -0.25) is 0 Å². The molecule has 0 bridgehead atoms. The molecule has 0 saturated carbocycles. The minimum absolute atomic E-state index is 0.0880. The molecule has 0 spiro atoms. The Balaban J connectivity index is 2.56. The van der Waals surface area contributed by atoms with Crippen LogP contribution >= 0.6 is 0 Å². The highest BCUT2D eigenvalue weighted by molar-refractivity contribution is 5.03. The van der Waals surface area contributed by atoms with Gasteiger partial charge >= 0.3 is 0 Å². The number of rotatable bonds is 0. The van der Waals surface area contributed by atoms with Gasteiger partial charge in [0, 0.05) is 18.5 Å². The zero-order valence-corrected chi connectivity index (χ0v) is 5.03. The van der Waals surface area contributed by atoms with Crippen LogP contribution in [0.5, 0.6) is 0 Å². The number of allylic oxidation sites excluding steroid dienone is 2. The third-order valence-electron chi connectivity index (χ3n) is 1.44. The molecule has 52 valence electrons. The second-order valence-corrected chi connectivity index (χ2v) is 2.34. The predicted molar refractivity (Wildman–Crippen MR) is 31.1 cm³/mol. The topological polar surface area (TPSA) is 26.0 Å². The molecule has 0 aromatic carbocycles. The summed E-state index contributed by atoms with van der Waals surface area (Å²) < 4.78 is 24.6. The van der Waals surface area contributed by atoms with Crippen LogP contribution in [0.25, 0.3) is 0 Å². The Bertz CT molecular complexity index is 140. The average molecular weight is 133 g/mol. The van der Waals surface area contributed by atoms with Gasteiger partial charge < -0.3 is 5.73 Å². The van der Waals surface area contributed by atoms with Crippen molar-refractivity contribution in [3.8, 4) is 0 Å². The van der Waals surface area contributed by atoms with Crippen LogP contribution in [-0.2, 0) is 0 Å². The Morgan fingerprint density at radius 3 is 2.56 bits per heavy atom. The highest BCUT2D eigenvalue weighted by Crippen LogP contribution is 2.30. The molecule has 0 heterocycles. The van der Waals surface area contributed by atoms with E-state index in [1.807, 2.05) is 0 Å². The van der Waals surface area contributed by atoms with Crippen molar-refractivity contribution in [2.45, 2.75) is 25.2 Å². The van der Waals surface area contributed by atoms with Crippen LogP contribution in [0.2, 0.25) is 0 Å². The molecule has 0 unspecified atom stereocenters. The summed E-state index contributed by atoms with van der Waals surface area (Å²) >= 11 is 0. The normalized spacial score (nSPS) is 25.3. The van der Waals surface area contributed by atoms with Crippen molar-refractivity contribution in [3.63, 3.8) is 0 Å². The van der Waals surface area contributed by atoms with Gasteiger partial charge in [-0.15, -0.1) is 0 Å². The molecule has 1 rings (SSSR count). The Morgan fingerprint density at radius 2 is 2.22 bits per heavy atom. The first kappa shape index (κ1) is 6.52. The van der Waals surface area contributed by atoms with Crippen LogP contribution in [0, 0.1) is 0 Å². The van der Waals surface area contributed by atoms with Gasteiger partial charge in [0.25, 0.3) is 5.92 Å². The van der Waals surface area contributed by atoms with Crippen molar-refractivity contribution in [1.29, 1.82) is 0 Å². The monoisotopic (exact) mass is 133 g/mol. The number of halogens is 2. The summed E-state index contributed by atoms with van der Waals surface area (Å²) in [6.45, 7) is 0. The molecule has 0 amide bonds. The minimum atomic E-state index is -2.50. The van der Waals surface area contributed by atoms with Crippen LogP contribution in [-0.4, -0.2) is 5.92 Å². The van der Waals surface area contributed by atoms with Gasteiger partial charge in [-0.1, -0.05) is 6.08 Å². The van der Waals surface area contributed by atoms with Gasteiger partial charge in [0.05, 0.1) is 0 Å². The van der Waals surface area contributed by atoms with Gasteiger partial charge in [-0.05, 0) is 6.42 Å². The summed E-state index contributed by atoms with van der Waals surface area (Å²) in [6, 6.07) is 0. The van der Waals surface area contributed by atoms with E-state index in [1.54, 1.807) is 0 Å². The van der Waals surface area contributed by atoms with Crippen molar-refractivity contribution < 1.29 is 8.78 Å². The van der Waals surface area contributed by atoms with E-state index in [9.17, 15) is 8.78 Å². The second kappa shape index (κ2) is 1.97. The number of alkyl halides is 2. The first-order chi connectivity index (χ1) is 4.10. The van der Waals surface area contributed by atoms with Crippen molar-refractivity contribution in [1.82, 2.24) is 0 Å². The van der Waals surface area contributed by atoms with Crippen LogP contribution in [0.4, 0.5) is 8.78 Å². The van der Waals surface area contributed by atoms with E-state index < -0.39 is 5.92 Å². The van der Waals surface area contributed by atoms with E-state index in [0.29, 0.717) is 12.1 Å². The van der Waals surface area contributed by atoms with E-state index in [1.165, 1.54) is 6.08 Å². The van der Waals surface area contributed by atoms with Crippen LogP contribution < -0.4 is 5.73 Å². The maximum absolute atomic E-state index is 12.3. The first-order valence-corrected chi connectivity index (χ1v) is 2.92.